The van der Waals surface area contributed by atoms with E-state index >= 15 is 4.39 Å². The molecule has 1 unspecified atom stereocenters. The molecule has 3 saturated heterocycles. The molecule has 13 heteroatoms. The van der Waals surface area contributed by atoms with Gasteiger partial charge in [-0.2, -0.15) is 10.4 Å². The minimum Gasteiger partial charge on any atom is -0.386 e. The molecule has 3 aliphatic heterocycles. The fourth-order valence-corrected chi connectivity index (χ4v) is 7.57. The van der Waals surface area contributed by atoms with E-state index in [1.54, 1.807) is 25.1 Å². The van der Waals surface area contributed by atoms with Crippen LogP contribution in [0, 0.1) is 35.9 Å². The zero-order valence-electron chi connectivity index (χ0n) is 27.8. The van der Waals surface area contributed by atoms with Crippen LogP contribution in [0.1, 0.15) is 74.9 Å². The minimum absolute atomic E-state index is 0.0117. The van der Waals surface area contributed by atoms with Crippen LogP contribution in [-0.2, 0) is 11.2 Å². The van der Waals surface area contributed by atoms with Gasteiger partial charge in [-0.1, -0.05) is 35.3 Å². The third-order valence-electron chi connectivity index (χ3n) is 9.82. The number of carbonyl (C=O) groups is 1. The predicted molar refractivity (Wildman–Crippen MR) is 193 cm³/mol. The van der Waals surface area contributed by atoms with Crippen LogP contribution < -0.4 is 22.4 Å². The summed E-state index contributed by atoms with van der Waals surface area (Å²) < 4.78 is 16.3. The number of aromatic amines is 1. The Balaban J connectivity index is 0.000000292. The average Bonchev–Trinajstić information content (AvgIpc) is 3.47. The summed E-state index contributed by atoms with van der Waals surface area (Å²) in [6.45, 7) is 5.59. The van der Waals surface area contributed by atoms with Gasteiger partial charge in [0.15, 0.2) is 5.82 Å². The Morgan fingerprint density at radius 2 is 2.00 bits per heavy atom. The number of likely N-dealkylation sites (tertiary alicyclic amines) is 1. The molecule has 5 heterocycles. The molecule has 10 nitrogen and oxygen atoms in total. The number of aryl methyl sites for hydroxylation is 2. The molecule has 2 aliphatic carbocycles. The number of hydrazone groups is 1. The largest absolute Gasteiger partial charge is 0.386 e. The van der Waals surface area contributed by atoms with E-state index in [-0.39, 0.29) is 34.8 Å². The topological polar surface area (TPSA) is 161 Å². The summed E-state index contributed by atoms with van der Waals surface area (Å²) in [5.74, 6) is 6.15. The average molecular weight is 707 g/mol. The molecule has 2 aromatic heterocycles. The molecular weight excluding hydrogens is 664 g/mol. The molecule has 0 spiro atoms. The first-order valence-electron chi connectivity index (χ1n) is 16.9. The van der Waals surface area contributed by atoms with Gasteiger partial charge in [-0.15, -0.1) is 0 Å². The van der Waals surface area contributed by atoms with Crippen molar-refractivity contribution in [1.82, 2.24) is 25.7 Å². The van der Waals surface area contributed by atoms with Crippen molar-refractivity contribution in [2.24, 2.45) is 28.5 Å². The second-order valence-electron chi connectivity index (χ2n) is 13.4. The van der Waals surface area contributed by atoms with E-state index in [2.05, 4.69) is 32.5 Å². The molecule has 258 valence electrons. The van der Waals surface area contributed by atoms with Crippen molar-refractivity contribution >= 4 is 56.8 Å². The van der Waals surface area contributed by atoms with Crippen LogP contribution in [-0.4, -0.2) is 45.7 Å². The number of nitrogens with zero attached hydrogens (tertiary/aromatic N) is 4. The molecule has 4 aromatic rings. The SMILES string of the molecule is C/C(N)=N/NN.C1NC2CC1C2.Cc1nc2c(F)c(-c3cccc(Cl)c3Cl)c(CCC#N)cc2c2[nH]c(C3CCCN3C(=O)C3CC3)cc12. The van der Waals surface area contributed by atoms with E-state index in [1.165, 1.54) is 19.4 Å². The number of rotatable bonds is 6. The molecule has 49 heavy (non-hydrogen) atoms. The number of hydrogen-bond donors (Lipinski definition) is 5. The van der Waals surface area contributed by atoms with Gasteiger partial charge in [0.05, 0.1) is 27.7 Å². The molecule has 0 radical (unpaired) electrons. The van der Waals surface area contributed by atoms with Gasteiger partial charge in [0.25, 0.3) is 0 Å². The molecule has 2 aromatic carbocycles. The van der Waals surface area contributed by atoms with Crippen molar-refractivity contribution < 1.29 is 9.18 Å². The van der Waals surface area contributed by atoms with E-state index in [0.717, 1.165) is 60.8 Å². The standard InChI is InChI=1S/C29H25Cl2FN4O.C5H9N.C2H8N4/c1-15-19-14-22(23-8-4-12-36(23)29(37)16-9-10-16)35-27(19)20-13-17(5-3-11-33)24(26(32)28(20)34-15)18-6-2-7-21(30)25(18)31;1-4-2-5(1)6-3-4;1-2(3)5-6-4/h2,6-7,13-14,16,23,35H,3-5,8-10,12H2,1H3;4-6H,1-3H2;6H,4H2,1H3,(H2,3,5). The van der Waals surface area contributed by atoms with Crippen molar-refractivity contribution in [3.8, 4) is 17.2 Å². The highest BCUT2D eigenvalue weighted by Gasteiger charge is 2.39. The maximum absolute atomic E-state index is 16.3. The van der Waals surface area contributed by atoms with Crippen molar-refractivity contribution in [3.05, 3.63) is 63.1 Å². The van der Waals surface area contributed by atoms with Crippen LogP contribution in [0.25, 0.3) is 32.9 Å². The van der Waals surface area contributed by atoms with E-state index in [4.69, 9.17) is 34.8 Å². The van der Waals surface area contributed by atoms with Crippen LogP contribution in [0.2, 0.25) is 10.0 Å². The third-order valence-corrected chi connectivity index (χ3v) is 10.6. The van der Waals surface area contributed by atoms with Crippen LogP contribution in [0.3, 0.4) is 0 Å². The number of halogens is 3. The Kier molecular flexibility index (Phi) is 10.6. The lowest BCUT2D eigenvalue weighted by atomic mass is 9.87. The zero-order chi connectivity index (χ0) is 34.8. The molecule has 9 rings (SSSR count). The number of aromatic nitrogens is 2. The summed E-state index contributed by atoms with van der Waals surface area (Å²) in [5.41, 5.74) is 11.2. The fraction of sp³-hybridized carbons (Fsp3) is 0.444. The number of hydrazine groups is 1. The summed E-state index contributed by atoms with van der Waals surface area (Å²) in [5, 5.41) is 18.2. The van der Waals surface area contributed by atoms with E-state index in [0.29, 0.717) is 45.0 Å². The summed E-state index contributed by atoms with van der Waals surface area (Å²) in [4.78, 5) is 23.1. The number of nitrogens with one attached hydrogen (secondary N) is 3. The smallest absolute Gasteiger partial charge is 0.226 e. The van der Waals surface area contributed by atoms with Gasteiger partial charge in [-0.25, -0.2) is 20.8 Å². The second kappa shape index (κ2) is 14.9. The number of hydrogen-bond acceptors (Lipinski definition) is 7. The highest BCUT2D eigenvalue weighted by atomic mass is 35.5. The molecule has 2 saturated carbocycles. The lowest BCUT2D eigenvalue weighted by Gasteiger charge is -2.24. The van der Waals surface area contributed by atoms with E-state index in [1.807, 2.05) is 23.4 Å². The van der Waals surface area contributed by atoms with E-state index in [9.17, 15) is 10.1 Å². The summed E-state index contributed by atoms with van der Waals surface area (Å²) in [7, 11) is 0. The summed E-state index contributed by atoms with van der Waals surface area (Å²) >= 11 is 12.8. The Hall–Kier alpha value is -3.95. The zero-order valence-corrected chi connectivity index (χ0v) is 29.3. The third kappa shape index (κ3) is 7.33. The van der Waals surface area contributed by atoms with Crippen molar-refractivity contribution in [1.29, 1.82) is 5.26 Å². The fourth-order valence-electron chi connectivity index (χ4n) is 7.17. The molecule has 5 aliphatic rings. The number of amides is 1. The Morgan fingerprint density at radius 1 is 1.22 bits per heavy atom. The van der Waals surface area contributed by atoms with Crippen molar-refractivity contribution in [3.63, 3.8) is 0 Å². The van der Waals surface area contributed by atoms with Gasteiger partial charge < -0.3 is 20.9 Å². The maximum atomic E-state index is 16.3. The first-order chi connectivity index (χ1) is 23.6. The number of fused-ring (bicyclic) bond motifs is 4. The quantitative estimate of drug-likeness (QED) is 0.0640. The van der Waals surface area contributed by atoms with Gasteiger partial charge in [0.2, 0.25) is 5.91 Å². The molecule has 7 N–H and O–H groups in total. The van der Waals surface area contributed by atoms with Crippen LogP contribution in [0.15, 0.2) is 35.4 Å². The predicted octanol–water partition coefficient (Wildman–Crippen LogP) is 6.78. The Labute approximate surface area is 295 Å². The molecular formula is C36H42Cl2FN9O. The van der Waals surface area contributed by atoms with Gasteiger partial charge in [-0.3, -0.25) is 4.79 Å². The molecule has 5 fully saturated rings. The van der Waals surface area contributed by atoms with Crippen LogP contribution in [0.5, 0.6) is 0 Å². The highest BCUT2D eigenvalue weighted by molar-refractivity contribution is 6.43. The lowest BCUT2D eigenvalue weighted by Crippen LogP contribution is -2.31. The number of H-pyrrole nitrogens is 1. The molecule has 1 atom stereocenters. The number of pyridine rings is 1. The van der Waals surface area contributed by atoms with Crippen LogP contribution >= 0.6 is 23.2 Å². The number of nitrogens with two attached hydrogens (primary N) is 2. The van der Waals surface area contributed by atoms with Crippen molar-refractivity contribution in [2.75, 3.05) is 13.1 Å². The van der Waals surface area contributed by atoms with Gasteiger partial charge >= 0.3 is 0 Å². The first kappa shape index (κ1) is 34.9. The van der Waals surface area contributed by atoms with Gasteiger partial charge in [-0.05, 0) is 95.0 Å². The van der Waals surface area contributed by atoms with Gasteiger partial charge in [0.1, 0.15) is 11.4 Å². The van der Waals surface area contributed by atoms with Gasteiger partial charge in [0, 0.05) is 58.2 Å². The first-order valence-corrected chi connectivity index (χ1v) is 17.6. The molecule has 1 amide bonds. The van der Waals surface area contributed by atoms with E-state index < -0.39 is 5.82 Å². The lowest BCUT2D eigenvalue weighted by molar-refractivity contribution is -0.133. The number of benzene rings is 2. The number of amidine groups is 1. The Bertz CT molecular complexity index is 1930. The summed E-state index contributed by atoms with van der Waals surface area (Å²) in [6, 6.07) is 12.2. The number of nitriles is 1. The Morgan fingerprint density at radius 3 is 2.59 bits per heavy atom. The maximum Gasteiger partial charge on any atom is 0.226 e. The normalized spacial score (nSPS) is 21.0. The second-order valence-corrected chi connectivity index (χ2v) is 14.2. The summed E-state index contributed by atoms with van der Waals surface area (Å²) in [6.07, 6.45) is 7.35. The highest BCUT2D eigenvalue weighted by Crippen LogP contribution is 2.43. The monoisotopic (exact) mass is 705 g/mol. The minimum atomic E-state index is -0.484. The van der Waals surface area contributed by atoms with Crippen molar-refractivity contribution in [2.45, 2.75) is 77.3 Å². The number of carbonyl (C=O) groups excluding carboxylic acids is 1. The molecule has 2 bridgehead atoms. The van der Waals surface area contributed by atoms with Crippen LogP contribution in [0.4, 0.5) is 4.39 Å².